The van der Waals surface area contributed by atoms with E-state index < -0.39 is 0 Å². The second kappa shape index (κ2) is 5.55. The highest BCUT2D eigenvalue weighted by molar-refractivity contribution is 4.71. The number of rotatable bonds is 4. The Morgan fingerprint density at radius 1 is 1.50 bits per heavy atom. The largest absolute Gasteiger partial charge is 0.377 e. The molecule has 1 aliphatic rings. The highest BCUT2D eigenvalue weighted by atomic mass is 16.5. The fourth-order valence-corrected chi connectivity index (χ4v) is 1.46. The summed E-state index contributed by atoms with van der Waals surface area (Å²) in [5, 5.41) is 3.47. The van der Waals surface area contributed by atoms with Gasteiger partial charge in [-0.1, -0.05) is 13.3 Å². The maximum atomic E-state index is 5.67. The van der Waals surface area contributed by atoms with Gasteiger partial charge in [0, 0.05) is 6.04 Å². The predicted molar refractivity (Wildman–Crippen MR) is 51.3 cm³/mol. The van der Waals surface area contributed by atoms with E-state index in [1.165, 1.54) is 25.8 Å². The summed E-state index contributed by atoms with van der Waals surface area (Å²) in [5.74, 6) is 0. The van der Waals surface area contributed by atoms with Gasteiger partial charge in [0.15, 0.2) is 0 Å². The molecule has 0 saturated carbocycles. The van der Waals surface area contributed by atoms with Gasteiger partial charge in [0.2, 0.25) is 0 Å². The van der Waals surface area contributed by atoms with Gasteiger partial charge in [-0.15, -0.1) is 0 Å². The molecule has 0 aromatic heterocycles. The van der Waals surface area contributed by atoms with Crippen LogP contribution in [-0.4, -0.2) is 25.3 Å². The molecular weight excluding hydrogens is 150 g/mol. The zero-order valence-electron chi connectivity index (χ0n) is 8.31. The van der Waals surface area contributed by atoms with E-state index in [4.69, 9.17) is 4.74 Å². The average molecular weight is 171 g/mol. The first-order valence-electron chi connectivity index (χ1n) is 5.18. The van der Waals surface area contributed by atoms with Crippen LogP contribution >= 0.6 is 0 Å². The van der Waals surface area contributed by atoms with Gasteiger partial charge >= 0.3 is 0 Å². The molecule has 1 heterocycles. The minimum Gasteiger partial charge on any atom is -0.377 e. The van der Waals surface area contributed by atoms with Crippen LogP contribution in [0.5, 0.6) is 0 Å². The zero-order valence-corrected chi connectivity index (χ0v) is 8.31. The molecule has 0 aromatic rings. The maximum Gasteiger partial charge on any atom is 0.0623 e. The van der Waals surface area contributed by atoms with Crippen LogP contribution in [0.25, 0.3) is 0 Å². The van der Waals surface area contributed by atoms with Crippen LogP contribution in [0, 0.1) is 0 Å². The van der Waals surface area contributed by atoms with E-state index in [0.29, 0.717) is 12.1 Å². The molecule has 0 aromatic carbocycles. The van der Waals surface area contributed by atoms with Crippen LogP contribution in [0.1, 0.15) is 39.5 Å². The Morgan fingerprint density at radius 3 is 2.92 bits per heavy atom. The van der Waals surface area contributed by atoms with E-state index in [1.54, 1.807) is 0 Å². The molecule has 1 fully saturated rings. The zero-order chi connectivity index (χ0) is 8.81. The van der Waals surface area contributed by atoms with Crippen LogP contribution < -0.4 is 5.32 Å². The van der Waals surface area contributed by atoms with Gasteiger partial charge in [0.1, 0.15) is 0 Å². The van der Waals surface area contributed by atoms with E-state index in [-0.39, 0.29) is 0 Å². The summed E-state index contributed by atoms with van der Waals surface area (Å²) >= 11 is 0. The number of ether oxygens (including phenoxy) is 1. The molecule has 2 unspecified atom stereocenters. The first-order valence-corrected chi connectivity index (χ1v) is 5.18. The van der Waals surface area contributed by atoms with Crippen LogP contribution in [0.15, 0.2) is 0 Å². The van der Waals surface area contributed by atoms with Crippen molar-refractivity contribution < 1.29 is 4.74 Å². The molecule has 2 atom stereocenters. The molecule has 0 bridgehead atoms. The Bertz CT molecular complexity index is 110. The van der Waals surface area contributed by atoms with Gasteiger partial charge in [-0.3, -0.25) is 0 Å². The Hall–Kier alpha value is -0.0800. The minimum absolute atomic E-state index is 0.425. The monoisotopic (exact) mass is 171 g/mol. The van der Waals surface area contributed by atoms with Gasteiger partial charge in [0.05, 0.1) is 12.7 Å². The first-order chi connectivity index (χ1) is 5.83. The molecule has 2 nitrogen and oxygen atoms in total. The molecule has 0 radical (unpaired) electrons. The lowest BCUT2D eigenvalue weighted by Gasteiger charge is -2.24. The first kappa shape index (κ1) is 10.0. The van der Waals surface area contributed by atoms with E-state index in [9.17, 15) is 0 Å². The van der Waals surface area contributed by atoms with Crippen LogP contribution in [0.2, 0.25) is 0 Å². The number of hydrogen-bond donors (Lipinski definition) is 1. The van der Waals surface area contributed by atoms with Gasteiger partial charge in [-0.2, -0.15) is 0 Å². The fraction of sp³-hybridized carbons (Fsp3) is 1.00. The molecular formula is C10H21NO. The third kappa shape index (κ3) is 3.55. The van der Waals surface area contributed by atoms with Crippen LogP contribution in [0.3, 0.4) is 0 Å². The van der Waals surface area contributed by atoms with Crippen molar-refractivity contribution in [2.45, 2.75) is 51.7 Å². The Kier molecular flexibility index (Phi) is 4.62. The number of nitrogens with one attached hydrogen (secondary N) is 1. The third-order valence-electron chi connectivity index (χ3n) is 2.57. The number of piperidine rings is 1. The van der Waals surface area contributed by atoms with Gasteiger partial charge in [-0.05, 0) is 32.7 Å². The SMILES string of the molecule is CCC(C)OCC1CCCCN1. The average Bonchev–Trinajstić information content (AvgIpc) is 2.16. The third-order valence-corrected chi connectivity index (χ3v) is 2.57. The van der Waals surface area contributed by atoms with E-state index >= 15 is 0 Å². The van der Waals surface area contributed by atoms with Crippen molar-refractivity contribution in [1.82, 2.24) is 5.32 Å². The van der Waals surface area contributed by atoms with Crippen LogP contribution in [0.4, 0.5) is 0 Å². The molecule has 1 N–H and O–H groups in total. The Morgan fingerprint density at radius 2 is 2.33 bits per heavy atom. The highest BCUT2D eigenvalue weighted by Gasteiger charge is 2.12. The fourth-order valence-electron chi connectivity index (χ4n) is 1.46. The van der Waals surface area contributed by atoms with E-state index in [2.05, 4.69) is 19.2 Å². The van der Waals surface area contributed by atoms with Crippen molar-refractivity contribution in [1.29, 1.82) is 0 Å². The Labute approximate surface area is 75.7 Å². The van der Waals surface area contributed by atoms with Crippen molar-refractivity contribution >= 4 is 0 Å². The highest BCUT2D eigenvalue weighted by Crippen LogP contribution is 2.08. The minimum atomic E-state index is 0.425. The predicted octanol–water partition coefficient (Wildman–Crippen LogP) is 1.94. The Balaban J connectivity index is 2.05. The molecule has 1 saturated heterocycles. The van der Waals surface area contributed by atoms with Crippen molar-refractivity contribution in [3.05, 3.63) is 0 Å². The lowest BCUT2D eigenvalue weighted by atomic mass is 10.1. The molecule has 1 aliphatic heterocycles. The summed E-state index contributed by atoms with van der Waals surface area (Å²) in [7, 11) is 0. The second-order valence-electron chi connectivity index (χ2n) is 3.70. The molecule has 0 aliphatic carbocycles. The summed E-state index contributed by atoms with van der Waals surface area (Å²) in [4.78, 5) is 0. The summed E-state index contributed by atoms with van der Waals surface area (Å²) in [6, 6.07) is 0.618. The summed E-state index contributed by atoms with van der Waals surface area (Å²) in [6.07, 6.45) is 5.53. The molecule has 0 amide bonds. The van der Waals surface area contributed by atoms with Crippen molar-refractivity contribution in [3.8, 4) is 0 Å². The van der Waals surface area contributed by atoms with Crippen molar-refractivity contribution in [2.24, 2.45) is 0 Å². The van der Waals surface area contributed by atoms with Gasteiger partial charge < -0.3 is 10.1 Å². The second-order valence-corrected chi connectivity index (χ2v) is 3.70. The summed E-state index contributed by atoms with van der Waals surface area (Å²) in [6.45, 7) is 6.38. The smallest absolute Gasteiger partial charge is 0.0623 e. The molecule has 1 rings (SSSR count). The van der Waals surface area contributed by atoms with Gasteiger partial charge in [-0.25, -0.2) is 0 Å². The molecule has 12 heavy (non-hydrogen) atoms. The van der Waals surface area contributed by atoms with Crippen molar-refractivity contribution in [3.63, 3.8) is 0 Å². The normalized spacial score (nSPS) is 27.0. The van der Waals surface area contributed by atoms with Crippen molar-refractivity contribution in [2.75, 3.05) is 13.2 Å². The van der Waals surface area contributed by atoms with Crippen LogP contribution in [-0.2, 0) is 4.74 Å². The molecule has 72 valence electrons. The quantitative estimate of drug-likeness (QED) is 0.698. The van der Waals surface area contributed by atoms with E-state index in [1.807, 2.05) is 0 Å². The lowest BCUT2D eigenvalue weighted by molar-refractivity contribution is 0.0428. The molecule has 0 spiro atoms. The van der Waals surface area contributed by atoms with E-state index in [0.717, 1.165) is 13.0 Å². The van der Waals surface area contributed by atoms with Gasteiger partial charge in [0.25, 0.3) is 0 Å². The maximum absolute atomic E-state index is 5.67. The summed E-state index contributed by atoms with van der Waals surface area (Å²) in [5.41, 5.74) is 0. The standard InChI is InChI=1S/C10H21NO/c1-3-9(2)12-8-10-6-4-5-7-11-10/h9-11H,3-8H2,1-2H3. The lowest BCUT2D eigenvalue weighted by Crippen LogP contribution is -2.38. The topological polar surface area (TPSA) is 21.3 Å². The summed E-state index contributed by atoms with van der Waals surface area (Å²) < 4.78 is 5.67. The number of hydrogen-bond acceptors (Lipinski definition) is 2. The molecule has 2 heteroatoms.